The van der Waals surface area contributed by atoms with Gasteiger partial charge in [0, 0.05) is 29.2 Å². The first-order valence-electron chi connectivity index (χ1n) is 10.1. The van der Waals surface area contributed by atoms with Crippen molar-refractivity contribution in [2.24, 2.45) is 0 Å². The van der Waals surface area contributed by atoms with Crippen LogP contribution < -0.4 is 9.47 Å². The summed E-state index contributed by atoms with van der Waals surface area (Å²) in [5.41, 5.74) is 3.42. The van der Waals surface area contributed by atoms with Crippen molar-refractivity contribution in [2.75, 3.05) is 20.8 Å². The van der Waals surface area contributed by atoms with Crippen molar-refractivity contribution in [2.45, 2.75) is 51.9 Å². The molecule has 29 heavy (non-hydrogen) atoms. The van der Waals surface area contributed by atoms with Gasteiger partial charge in [0.05, 0.1) is 20.8 Å². The normalized spacial score (nSPS) is 15.7. The standard InChI is InChI=1S/C23H29NO5/c1-5-6-7-10-29-23(26)22-14(2)21-18(24-22)11-15(12-19(21)25)17-13-16(27-3)8-9-20(17)28-4/h8-9,13,15,24H,5-7,10-12H2,1-4H3. The third-order valence-electron chi connectivity index (χ3n) is 5.55. The summed E-state index contributed by atoms with van der Waals surface area (Å²) in [6, 6.07) is 5.61. The predicted molar refractivity (Wildman–Crippen MR) is 110 cm³/mol. The molecule has 0 aliphatic heterocycles. The second-order valence-electron chi connectivity index (χ2n) is 7.46. The maximum Gasteiger partial charge on any atom is 0.355 e. The van der Waals surface area contributed by atoms with Crippen LogP contribution in [0.4, 0.5) is 0 Å². The average Bonchev–Trinajstić information content (AvgIpc) is 3.07. The van der Waals surface area contributed by atoms with E-state index >= 15 is 0 Å². The monoisotopic (exact) mass is 399 g/mol. The van der Waals surface area contributed by atoms with E-state index in [4.69, 9.17) is 14.2 Å². The lowest BCUT2D eigenvalue weighted by molar-refractivity contribution is 0.0491. The average molecular weight is 399 g/mol. The lowest BCUT2D eigenvalue weighted by atomic mass is 9.81. The van der Waals surface area contributed by atoms with Gasteiger partial charge in [-0.2, -0.15) is 0 Å². The number of methoxy groups -OCH3 is 2. The Morgan fingerprint density at radius 3 is 2.66 bits per heavy atom. The van der Waals surface area contributed by atoms with Crippen molar-refractivity contribution in [3.05, 3.63) is 46.3 Å². The summed E-state index contributed by atoms with van der Waals surface area (Å²) in [6.45, 7) is 4.31. The topological polar surface area (TPSA) is 77.6 Å². The van der Waals surface area contributed by atoms with Gasteiger partial charge in [0.15, 0.2) is 5.78 Å². The highest BCUT2D eigenvalue weighted by molar-refractivity contribution is 6.03. The van der Waals surface area contributed by atoms with Crippen molar-refractivity contribution >= 4 is 11.8 Å². The van der Waals surface area contributed by atoms with E-state index in [0.717, 1.165) is 42.0 Å². The van der Waals surface area contributed by atoms with Crippen molar-refractivity contribution < 1.29 is 23.8 Å². The second kappa shape index (κ2) is 9.16. The van der Waals surface area contributed by atoms with Crippen LogP contribution in [0.25, 0.3) is 0 Å². The van der Waals surface area contributed by atoms with Crippen molar-refractivity contribution in [1.82, 2.24) is 4.98 Å². The largest absolute Gasteiger partial charge is 0.497 e. The Balaban J connectivity index is 1.85. The molecule has 0 saturated carbocycles. The van der Waals surface area contributed by atoms with Crippen LogP contribution in [0.2, 0.25) is 0 Å². The predicted octanol–water partition coefficient (Wildman–Crippen LogP) is 4.60. The summed E-state index contributed by atoms with van der Waals surface area (Å²) >= 11 is 0. The molecule has 1 atom stereocenters. The fourth-order valence-corrected chi connectivity index (χ4v) is 4.00. The van der Waals surface area contributed by atoms with E-state index in [1.807, 2.05) is 25.1 Å². The van der Waals surface area contributed by atoms with Crippen LogP contribution in [0.1, 0.15) is 76.2 Å². The number of aromatic amines is 1. The van der Waals surface area contributed by atoms with Gasteiger partial charge in [-0.1, -0.05) is 19.8 Å². The van der Waals surface area contributed by atoms with E-state index in [0.29, 0.717) is 36.3 Å². The van der Waals surface area contributed by atoms with Gasteiger partial charge in [-0.3, -0.25) is 4.79 Å². The fourth-order valence-electron chi connectivity index (χ4n) is 4.00. The Hall–Kier alpha value is -2.76. The van der Waals surface area contributed by atoms with E-state index in [-0.39, 0.29) is 11.7 Å². The first-order chi connectivity index (χ1) is 14.0. The molecule has 1 N–H and O–H groups in total. The van der Waals surface area contributed by atoms with Gasteiger partial charge in [0.2, 0.25) is 0 Å². The molecule has 0 spiro atoms. The number of ketones is 1. The minimum atomic E-state index is -0.392. The number of benzene rings is 1. The fraction of sp³-hybridized carbons (Fsp3) is 0.478. The number of aromatic nitrogens is 1. The van der Waals surface area contributed by atoms with Crippen LogP contribution in [-0.4, -0.2) is 37.6 Å². The molecule has 156 valence electrons. The highest BCUT2D eigenvalue weighted by Crippen LogP contribution is 2.40. The van der Waals surface area contributed by atoms with Crippen LogP contribution in [0.3, 0.4) is 0 Å². The Labute approximate surface area is 171 Å². The number of ether oxygens (including phenoxy) is 3. The molecule has 0 fully saturated rings. The third-order valence-corrected chi connectivity index (χ3v) is 5.55. The molecular weight excluding hydrogens is 370 g/mol. The lowest BCUT2D eigenvalue weighted by Crippen LogP contribution is -2.19. The van der Waals surface area contributed by atoms with Crippen molar-refractivity contribution in [3.8, 4) is 11.5 Å². The van der Waals surface area contributed by atoms with Gasteiger partial charge in [-0.05, 0) is 43.5 Å². The molecule has 1 unspecified atom stereocenters. The third kappa shape index (κ3) is 4.31. The number of H-pyrrole nitrogens is 1. The van der Waals surface area contributed by atoms with Crippen molar-refractivity contribution in [3.63, 3.8) is 0 Å². The molecule has 1 aliphatic carbocycles. The summed E-state index contributed by atoms with van der Waals surface area (Å²) in [6.07, 6.45) is 3.92. The van der Waals surface area contributed by atoms with Gasteiger partial charge in [-0.15, -0.1) is 0 Å². The molecule has 3 rings (SSSR count). The number of rotatable bonds is 8. The molecular formula is C23H29NO5. The summed E-state index contributed by atoms with van der Waals surface area (Å²) in [7, 11) is 3.23. The molecule has 6 heteroatoms. The number of unbranched alkanes of at least 4 members (excludes halogenated alkanes) is 2. The van der Waals surface area contributed by atoms with Crippen LogP contribution in [0, 0.1) is 6.92 Å². The van der Waals surface area contributed by atoms with Crippen LogP contribution in [0.5, 0.6) is 11.5 Å². The van der Waals surface area contributed by atoms with E-state index in [1.165, 1.54) is 0 Å². The zero-order valence-electron chi connectivity index (χ0n) is 17.6. The van der Waals surface area contributed by atoms with Gasteiger partial charge in [-0.25, -0.2) is 4.79 Å². The Kier molecular flexibility index (Phi) is 6.62. The number of fused-ring (bicyclic) bond motifs is 1. The van der Waals surface area contributed by atoms with E-state index in [1.54, 1.807) is 14.2 Å². The maximum absolute atomic E-state index is 12.9. The molecule has 2 aromatic rings. The molecule has 1 aromatic heterocycles. The minimum Gasteiger partial charge on any atom is -0.497 e. The molecule has 0 radical (unpaired) electrons. The number of carbonyl (C=O) groups is 2. The zero-order chi connectivity index (χ0) is 21.0. The number of hydrogen-bond acceptors (Lipinski definition) is 5. The number of Topliss-reactive ketones (excluding diaryl/α,β-unsaturated/α-hetero) is 1. The second-order valence-corrected chi connectivity index (χ2v) is 7.46. The molecule has 0 bridgehead atoms. The van der Waals surface area contributed by atoms with E-state index < -0.39 is 5.97 Å². The maximum atomic E-state index is 12.9. The number of nitrogens with one attached hydrogen (secondary N) is 1. The molecule has 0 saturated heterocycles. The highest BCUT2D eigenvalue weighted by atomic mass is 16.5. The quantitative estimate of drug-likeness (QED) is 0.518. The van der Waals surface area contributed by atoms with Crippen molar-refractivity contribution in [1.29, 1.82) is 0 Å². The Morgan fingerprint density at radius 1 is 1.17 bits per heavy atom. The van der Waals surface area contributed by atoms with E-state index in [2.05, 4.69) is 11.9 Å². The SMILES string of the molecule is CCCCCOC(=O)c1[nH]c2c(c1C)C(=O)CC(c1cc(OC)ccc1OC)C2. The number of esters is 1. The minimum absolute atomic E-state index is 0.0277. The Morgan fingerprint density at radius 2 is 1.97 bits per heavy atom. The zero-order valence-corrected chi connectivity index (χ0v) is 17.6. The lowest BCUT2D eigenvalue weighted by Gasteiger charge is -2.24. The number of carbonyl (C=O) groups excluding carboxylic acids is 2. The first-order valence-corrected chi connectivity index (χ1v) is 10.1. The number of hydrogen-bond donors (Lipinski definition) is 1. The highest BCUT2D eigenvalue weighted by Gasteiger charge is 2.33. The summed E-state index contributed by atoms with van der Waals surface area (Å²) in [4.78, 5) is 28.6. The molecule has 1 heterocycles. The molecule has 1 aromatic carbocycles. The van der Waals surface area contributed by atoms with Gasteiger partial charge in [0.25, 0.3) is 0 Å². The Bertz CT molecular complexity index is 899. The van der Waals surface area contributed by atoms with Gasteiger partial charge in [0.1, 0.15) is 17.2 Å². The first kappa shape index (κ1) is 21.0. The van der Waals surface area contributed by atoms with Gasteiger partial charge >= 0.3 is 5.97 Å². The van der Waals surface area contributed by atoms with Crippen LogP contribution in [0.15, 0.2) is 18.2 Å². The van der Waals surface area contributed by atoms with Gasteiger partial charge < -0.3 is 19.2 Å². The smallest absolute Gasteiger partial charge is 0.355 e. The molecule has 0 amide bonds. The van der Waals surface area contributed by atoms with Crippen LogP contribution >= 0.6 is 0 Å². The summed E-state index contributed by atoms with van der Waals surface area (Å²) in [5, 5.41) is 0. The molecule has 6 nitrogen and oxygen atoms in total. The van der Waals surface area contributed by atoms with E-state index in [9.17, 15) is 9.59 Å². The summed E-state index contributed by atoms with van der Waals surface area (Å²) < 4.78 is 16.2. The van der Waals surface area contributed by atoms with Crippen LogP contribution in [-0.2, 0) is 11.2 Å². The summed E-state index contributed by atoms with van der Waals surface area (Å²) in [5.74, 6) is 1.03. The molecule has 1 aliphatic rings.